The molecule has 7 nitrogen and oxygen atoms in total. The van der Waals surface area contributed by atoms with E-state index in [-0.39, 0.29) is 11.6 Å². The second kappa shape index (κ2) is 9.71. The Kier molecular flexibility index (Phi) is 7.06. The van der Waals surface area contributed by atoms with Crippen molar-refractivity contribution in [2.45, 2.75) is 13.5 Å². The summed E-state index contributed by atoms with van der Waals surface area (Å²) in [6, 6.07) is 14.8. The number of halogens is 1. The van der Waals surface area contributed by atoms with E-state index in [2.05, 4.69) is 17.0 Å². The van der Waals surface area contributed by atoms with Crippen molar-refractivity contribution in [3.8, 4) is 0 Å². The average molecular weight is 417 g/mol. The van der Waals surface area contributed by atoms with Crippen molar-refractivity contribution in [1.82, 2.24) is 9.80 Å². The minimum Gasteiger partial charge on any atom is -0.362 e. The normalized spacial score (nSPS) is 14.3. The first-order chi connectivity index (χ1) is 14.0. The van der Waals surface area contributed by atoms with Gasteiger partial charge in [0.2, 0.25) is 5.91 Å². The largest absolute Gasteiger partial charge is 0.362 e. The molecule has 1 fully saturated rings. The number of piperazine rings is 1. The molecule has 2 aromatic carbocycles. The Balaban J connectivity index is 1.57. The standard InChI is InChI=1S/C21H25ClN4O3/c1-2-23(15-17-6-4-3-5-7-17)16-21(27)25-12-10-24(11-13-25)19-9-8-18(22)14-20(19)26(28)29/h3-9,14H,2,10-13,15-16H2,1H3. The van der Waals surface area contributed by atoms with E-state index in [1.165, 1.54) is 11.6 Å². The first-order valence-corrected chi connectivity index (χ1v) is 10.1. The summed E-state index contributed by atoms with van der Waals surface area (Å²) in [5, 5.41) is 11.7. The number of benzene rings is 2. The molecule has 0 radical (unpaired) electrons. The summed E-state index contributed by atoms with van der Waals surface area (Å²) in [5.74, 6) is 0.0908. The Labute approximate surface area is 175 Å². The van der Waals surface area contributed by atoms with Crippen molar-refractivity contribution in [3.05, 3.63) is 69.2 Å². The molecule has 0 N–H and O–H groups in total. The summed E-state index contributed by atoms with van der Waals surface area (Å²) in [6.45, 7) is 6.14. The van der Waals surface area contributed by atoms with E-state index >= 15 is 0 Å². The molecule has 1 aliphatic rings. The quantitative estimate of drug-likeness (QED) is 0.511. The number of carbonyl (C=O) groups is 1. The molecule has 1 heterocycles. The molecule has 8 heteroatoms. The molecule has 3 rings (SSSR count). The number of anilines is 1. The van der Waals surface area contributed by atoms with E-state index in [4.69, 9.17) is 11.6 Å². The highest BCUT2D eigenvalue weighted by Gasteiger charge is 2.26. The fourth-order valence-electron chi connectivity index (χ4n) is 3.52. The zero-order valence-electron chi connectivity index (χ0n) is 16.5. The van der Waals surface area contributed by atoms with Gasteiger partial charge in [0.1, 0.15) is 5.69 Å². The number of hydrogen-bond acceptors (Lipinski definition) is 5. The van der Waals surface area contributed by atoms with Crippen LogP contribution in [0.5, 0.6) is 0 Å². The van der Waals surface area contributed by atoms with Crippen molar-refractivity contribution in [1.29, 1.82) is 0 Å². The molecule has 1 amide bonds. The molecule has 0 bridgehead atoms. The van der Waals surface area contributed by atoms with Crippen LogP contribution in [-0.2, 0) is 11.3 Å². The van der Waals surface area contributed by atoms with Crippen LogP contribution in [0.3, 0.4) is 0 Å². The third kappa shape index (κ3) is 5.46. The zero-order valence-corrected chi connectivity index (χ0v) is 17.2. The van der Waals surface area contributed by atoms with Crippen LogP contribution in [0.4, 0.5) is 11.4 Å². The van der Waals surface area contributed by atoms with Gasteiger partial charge in [0, 0.05) is 43.8 Å². The van der Waals surface area contributed by atoms with Crippen LogP contribution in [0.2, 0.25) is 5.02 Å². The van der Waals surface area contributed by atoms with Gasteiger partial charge in [-0.2, -0.15) is 0 Å². The van der Waals surface area contributed by atoms with Crippen molar-refractivity contribution in [3.63, 3.8) is 0 Å². The van der Waals surface area contributed by atoms with Crippen molar-refractivity contribution in [2.75, 3.05) is 44.2 Å². The third-order valence-corrected chi connectivity index (χ3v) is 5.40. The fourth-order valence-corrected chi connectivity index (χ4v) is 3.69. The lowest BCUT2D eigenvalue weighted by atomic mass is 10.2. The molecule has 1 saturated heterocycles. The molecule has 0 aromatic heterocycles. The average Bonchev–Trinajstić information content (AvgIpc) is 2.74. The van der Waals surface area contributed by atoms with E-state index < -0.39 is 4.92 Å². The molecule has 0 saturated carbocycles. The number of rotatable bonds is 7. The highest BCUT2D eigenvalue weighted by molar-refractivity contribution is 6.30. The van der Waals surface area contributed by atoms with E-state index in [1.807, 2.05) is 34.9 Å². The molecule has 154 valence electrons. The second-order valence-corrected chi connectivity index (χ2v) is 7.48. The summed E-state index contributed by atoms with van der Waals surface area (Å²) < 4.78 is 0. The smallest absolute Gasteiger partial charge is 0.294 e. The lowest BCUT2D eigenvalue weighted by Gasteiger charge is -2.36. The topological polar surface area (TPSA) is 69.9 Å². The van der Waals surface area contributed by atoms with Crippen LogP contribution in [0.25, 0.3) is 0 Å². The minimum atomic E-state index is -0.415. The van der Waals surface area contributed by atoms with Crippen LogP contribution >= 0.6 is 11.6 Å². The number of nitro benzene ring substituents is 1. The van der Waals surface area contributed by atoms with Gasteiger partial charge in [-0.25, -0.2) is 0 Å². The molecule has 2 aromatic rings. The van der Waals surface area contributed by atoms with E-state index in [1.54, 1.807) is 12.1 Å². The van der Waals surface area contributed by atoms with Gasteiger partial charge in [-0.1, -0.05) is 48.9 Å². The molecule has 1 aliphatic heterocycles. The molecule has 0 spiro atoms. The van der Waals surface area contributed by atoms with Gasteiger partial charge >= 0.3 is 0 Å². The molecular formula is C21H25ClN4O3. The highest BCUT2D eigenvalue weighted by atomic mass is 35.5. The summed E-state index contributed by atoms with van der Waals surface area (Å²) in [4.78, 5) is 29.6. The molecule has 29 heavy (non-hydrogen) atoms. The zero-order chi connectivity index (χ0) is 20.8. The van der Waals surface area contributed by atoms with Gasteiger partial charge in [-0.05, 0) is 24.2 Å². The van der Waals surface area contributed by atoms with Crippen molar-refractivity contribution < 1.29 is 9.72 Å². The van der Waals surface area contributed by atoms with Crippen molar-refractivity contribution >= 4 is 28.9 Å². The summed E-state index contributed by atoms with van der Waals surface area (Å²) in [7, 11) is 0. The van der Waals surface area contributed by atoms with E-state index in [0.29, 0.717) is 43.4 Å². The lowest BCUT2D eigenvalue weighted by molar-refractivity contribution is -0.384. The maximum atomic E-state index is 12.8. The summed E-state index contributed by atoms with van der Waals surface area (Å²) in [5.41, 5.74) is 1.73. The van der Waals surface area contributed by atoms with Gasteiger partial charge in [0.25, 0.3) is 5.69 Å². The summed E-state index contributed by atoms with van der Waals surface area (Å²) >= 11 is 5.90. The molecular weight excluding hydrogens is 392 g/mol. The number of likely N-dealkylation sites (N-methyl/N-ethyl adjacent to an activating group) is 1. The first-order valence-electron chi connectivity index (χ1n) is 9.71. The predicted molar refractivity (Wildman–Crippen MR) is 114 cm³/mol. The lowest BCUT2D eigenvalue weighted by Crippen LogP contribution is -2.51. The fraction of sp³-hybridized carbons (Fsp3) is 0.381. The Morgan fingerprint density at radius 3 is 2.45 bits per heavy atom. The first kappa shape index (κ1) is 21.1. The highest BCUT2D eigenvalue weighted by Crippen LogP contribution is 2.31. The van der Waals surface area contributed by atoms with E-state index in [0.717, 1.165) is 13.1 Å². The van der Waals surface area contributed by atoms with Crippen LogP contribution < -0.4 is 4.90 Å². The third-order valence-electron chi connectivity index (χ3n) is 5.16. The van der Waals surface area contributed by atoms with Gasteiger partial charge in [0.15, 0.2) is 0 Å². The number of hydrogen-bond donors (Lipinski definition) is 0. The van der Waals surface area contributed by atoms with Crippen LogP contribution in [-0.4, -0.2) is 59.9 Å². The van der Waals surface area contributed by atoms with Gasteiger partial charge < -0.3 is 9.80 Å². The van der Waals surface area contributed by atoms with Gasteiger partial charge in [-0.3, -0.25) is 19.8 Å². The minimum absolute atomic E-state index is 0.00250. The number of carbonyl (C=O) groups excluding carboxylic acids is 1. The Morgan fingerprint density at radius 2 is 1.83 bits per heavy atom. The SMILES string of the molecule is CCN(CC(=O)N1CCN(c2ccc(Cl)cc2[N+](=O)[O-])CC1)Cc1ccccc1. The van der Waals surface area contributed by atoms with Gasteiger partial charge in [-0.15, -0.1) is 0 Å². The Morgan fingerprint density at radius 1 is 1.14 bits per heavy atom. The predicted octanol–water partition coefficient (Wildman–Crippen LogP) is 3.42. The summed E-state index contributed by atoms with van der Waals surface area (Å²) in [6.07, 6.45) is 0. The van der Waals surface area contributed by atoms with Crippen LogP contribution in [0.1, 0.15) is 12.5 Å². The molecule has 0 aliphatic carbocycles. The maximum absolute atomic E-state index is 12.8. The van der Waals surface area contributed by atoms with Crippen LogP contribution in [0.15, 0.2) is 48.5 Å². The number of amides is 1. The molecule has 0 unspecified atom stereocenters. The van der Waals surface area contributed by atoms with Crippen molar-refractivity contribution in [2.24, 2.45) is 0 Å². The maximum Gasteiger partial charge on any atom is 0.294 e. The Hall–Kier alpha value is -2.64. The number of nitrogens with zero attached hydrogens (tertiary/aromatic N) is 4. The van der Waals surface area contributed by atoms with E-state index in [9.17, 15) is 14.9 Å². The van der Waals surface area contributed by atoms with Crippen LogP contribution in [0, 0.1) is 10.1 Å². The number of nitro groups is 1. The Bertz CT molecular complexity index is 854. The second-order valence-electron chi connectivity index (χ2n) is 7.05. The molecule has 0 atom stereocenters. The monoisotopic (exact) mass is 416 g/mol. The van der Waals surface area contributed by atoms with Gasteiger partial charge in [0.05, 0.1) is 11.5 Å².